The first-order chi connectivity index (χ1) is 37.4. The smallest absolute Gasteiger partial charge is 0.0718 e. The van der Waals surface area contributed by atoms with Crippen LogP contribution in [0.15, 0.2) is 60.7 Å². The molecule has 0 atom stereocenters. The van der Waals surface area contributed by atoms with Gasteiger partial charge in [-0.2, -0.15) is 0 Å². The molecular weight excluding hydrogens is 985 g/mol. The van der Waals surface area contributed by atoms with Gasteiger partial charge in [0.05, 0.1) is 277 Å². The summed E-state index contributed by atoms with van der Waals surface area (Å²) in [5.74, 6) is 0. The average Bonchev–Trinajstić information content (AvgIpc) is 3.43. The largest absolute Gasteiger partial charge is 0.377 e. The zero-order valence-electron chi connectivity index (χ0n) is 45.0. The monoisotopic (exact) mass is 1080 g/mol. The fraction of sp³-hybridized carbons (Fsp3) is 0.778. The third-order valence-electron chi connectivity index (χ3n) is 9.66. The van der Waals surface area contributed by atoms with Crippen molar-refractivity contribution in [3.8, 4) is 0 Å². The molecule has 0 aliphatic heterocycles. The molecule has 2 rings (SSSR count). The Morgan fingerprint density at radius 1 is 0.133 bits per heavy atom. The predicted molar refractivity (Wildman–Crippen MR) is 278 cm³/mol. The van der Waals surface area contributed by atoms with E-state index in [1.807, 2.05) is 60.7 Å². The first-order valence-electron chi connectivity index (χ1n) is 26.7. The first kappa shape index (κ1) is 68.7. The summed E-state index contributed by atoms with van der Waals surface area (Å²) in [4.78, 5) is 0. The molecule has 0 radical (unpaired) electrons. The molecule has 0 unspecified atom stereocenters. The van der Waals surface area contributed by atoms with Crippen molar-refractivity contribution in [3.05, 3.63) is 71.8 Å². The highest BCUT2D eigenvalue weighted by molar-refractivity contribution is 5.14. The van der Waals surface area contributed by atoms with Crippen LogP contribution in [0.3, 0.4) is 0 Å². The Balaban J connectivity index is 1.09. The highest BCUT2D eigenvalue weighted by Gasteiger charge is 2.00. The van der Waals surface area contributed by atoms with E-state index in [2.05, 4.69) is 0 Å². The van der Waals surface area contributed by atoms with Crippen molar-refractivity contribution in [1.82, 2.24) is 0 Å². The molecule has 0 heterocycles. The van der Waals surface area contributed by atoms with Crippen LogP contribution in [0.2, 0.25) is 0 Å². The van der Waals surface area contributed by atoms with Crippen LogP contribution in [-0.4, -0.2) is 264 Å². The van der Waals surface area contributed by atoms with Gasteiger partial charge in [0.15, 0.2) is 0 Å². The molecule has 0 N–H and O–H groups in total. The van der Waals surface area contributed by atoms with Gasteiger partial charge in [-0.15, -0.1) is 0 Å². The molecule has 0 saturated heterocycles. The summed E-state index contributed by atoms with van der Waals surface area (Å²) < 4.78 is 116. The van der Waals surface area contributed by atoms with Gasteiger partial charge in [-0.3, -0.25) is 0 Å². The summed E-state index contributed by atoms with van der Waals surface area (Å²) in [5, 5.41) is 0. The SMILES string of the molecule is c1ccc(COCCOCCOCCOCCOCCOCCOCCOCCOCCOCCOCCOCCOCCOCCOCCOCCOCCOCCOCCOCCOCc2ccccc2)cc1. The van der Waals surface area contributed by atoms with E-state index >= 15 is 0 Å². The topological polar surface area (TPSA) is 194 Å². The zero-order chi connectivity index (χ0) is 52.8. The second kappa shape index (κ2) is 60.8. The molecule has 21 nitrogen and oxygen atoms in total. The van der Waals surface area contributed by atoms with Crippen LogP contribution in [0.25, 0.3) is 0 Å². The van der Waals surface area contributed by atoms with Gasteiger partial charge in [-0.1, -0.05) is 60.7 Å². The van der Waals surface area contributed by atoms with Crippen molar-refractivity contribution in [2.45, 2.75) is 13.2 Å². The van der Waals surface area contributed by atoms with Gasteiger partial charge in [0.2, 0.25) is 0 Å². The van der Waals surface area contributed by atoms with Crippen LogP contribution in [0, 0.1) is 0 Å². The summed E-state index contributed by atoms with van der Waals surface area (Å²) in [6.45, 7) is 21.4. The lowest BCUT2D eigenvalue weighted by atomic mass is 10.2. The van der Waals surface area contributed by atoms with E-state index < -0.39 is 0 Å². The minimum Gasteiger partial charge on any atom is -0.377 e. The molecule has 436 valence electrons. The van der Waals surface area contributed by atoms with Crippen LogP contribution in [-0.2, 0) is 113 Å². The number of benzene rings is 2. The summed E-state index contributed by atoms with van der Waals surface area (Å²) in [6.07, 6.45) is 0. The van der Waals surface area contributed by atoms with Gasteiger partial charge < -0.3 is 99.5 Å². The molecule has 0 amide bonds. The second-order valence-corrected chi connectivity index (χ2v) is 15.7. The lowest BCUT2D eigenvalue weighted by Gasteiger charge is -2.09. The summed E-state index contributed by atoms with van der Waals surface area (Å²) in [5.41, 5.74) is 2.31. The van der Waals surface area contributed by atoms with E-state index in [-0.39, 0.29) is 0 Å². The Bertz CT molecular complexity index is 1240. The minimum atomic E-state index is 0.490. The second-order valence-electron chi connectivity index (χ2n) is 15.7. The van der Waals surface area contributed by atoms with Gasteiger partial charge in [0, 0.05) is 0 Å². The Kier molecular flexibility index (Phi) is 55.7. The fourth-order valence-electron chi connectivity index (χ4n) is 5.82. The molecule has 21 heteroatoms. The Labute approximate surface area is 447 Å². The molecule has 0 bridgehead atoms. The van der Waals surface area contributed by atoms with Crippen molar-refractivity contribution in [2.24, 2.45) is 0 Å². The van der Waals surface area contributed by atoms with Gasteiger partial charge in [-0.05, 0) is 11.1 Å². The third-order valence-corrected chi connectivity index (χ3v) is 9.66. The Morgan fingerprint density at radius 3 is 0.360 bits per heavy atom. The maximum atomic E-state index is 5.58. The van der Waals surface area contributed by atoms with Crippen LogP contribution in [0.5, 0.6) is 0 Å². The number of hydrogen-bond donors (Lipinski definition) is 0. The molecule has 0 aliphatic carbocycles. The summed E-state index contributed by atoms with van der Waals surface area (Å²) in [6, 6.07) is 20.1. The van der Waals surface area contributed by atoms with Gasteiger partial charge in [0.25, 0.3) is 0 Å². The molecule has 75 heavy (non-hydrogen) atoms. The van der Waals surface area contributed by atoms with Gasteiger partial charge >= 0.3 is 0 Å². The molecule has 0 spiro atoms. The van der Waals surface area contributed by atoms with E-state index in [1.54, 1.807) is 0 Å². The lowest BCUT2D eigenvalue weighted by Crippen LogP contribution is -2.16. The molecule has 0 saturated carbocycles. The van der Waals surface area contributed by atoms with Crippen molar-refractivity contribution in [1.29, 1.82) is 0 Å². The predicted octanol–water partition coefficient (Wildman–Crippen LogP) is 3.74. The van der Waals surface area contributed by atoms with E-state index in [0.717, 1.165) is 11.1 Å². The van der Waals surface area contributed by atoms with Crippen molar-refractivity contribution in [3.63, 3.8) is 0 Å². The zero-order valence-corrected chi connectivity index (χ0v) is 45.0. The van der Waals surface area contributed by atoms with Crippen LogP contribution in [0.4, 0.5) is 0 Å². The van der Waals surface area contributed by atoms with Crippen molar-refractivity contribution in [2.75, 3.05) is 264 Å². The van der Waals surface area contributed by atoms with E-state index in [0.29, 0.717) is 277 Å². The van der Waals surface area contributed by atoms with Crippen LogP contribution in [0.1, 0.15) is 11.1 Å². The summed E-state index contributed by atoms with van der Waals surface area (Å²) in [7, 11) is 0. The number of ether oxygens (including phenoxy) is 21. The molecule has 0 fully saturated rings. The highest BCUT2D eigenvalue weighted by atomic mass is 16.6. The maximum absolute atomic E-state index is 5.58. The molecular formula is C54H94O21. The lowest BCUT2D eigenvalue weighted by molar-refractivity contribution is -0.0316. The Hall–Kier alpha value is -2.40. The van der Waals surface area contributed by atoms with Crippen molar-refractivity contribution < 1.29 is 99.5 Å². The van der Waals surface area contributed by atoms with Crippen LogP contribution >= 0.6 is 0 Å². The van der Waals surface area contributed by atoms with Gasteiger partial charge in [-0.25, -0.2) is 0 Å². The highest BCUT2D eigenvalue weighted by Crippen LogP contribution is 2.01. The molecule has 0 aliphatic rings. The number of hydrogen-bond acceptors (Lipinski definition) is 21. The van der Waals surface area contributed by atoms with E-state index in [4.69, 9.17) is 99.5 Å². The molecule has 2 aromatic carbocycles. The third kappa shape index (κ3) is 54.7. The quantitative estimate of drug-likeness (QED) is 0.0870. The van der Waals surface area contributed by atoms with E-state index in [1.165, 1.54) is 0 Å². The summed E-state index contributed by atoms with van der Waals surface area (Å²) >= 11 is 0. The minimum absolute atomic E-state index is 0.490. The number of rotatable bonds is 64. The van der Waals surface area contributed by atoms with Crippen LogP contribution < -0.4 is 0 Å². The van der Waals surface area contributed by atoms with Crippen molar-refractivity contribution >= 4 is 0 Å². The normalized spacial score (nSPS) is 11.6. The van der Waals surface area contributed by atoms with E-state index in [9.17, 15) is 0 Å². The average molecular weight is 1080 g/mol. The maximum Gasteiger partial charge on any atom is 0.0718 e. The Morgan fingerprint density at radius 2 is 0.240 bits per heavy atom. The standard InChI is InChI=1S/C54H94O21/c1-3-7-53(8-4-1)51-74-49-47-72-45-43-70-41-39-68-37-35-66-33-31-64-29-27-62-25-23-60-21-19-58-17-15-56-13-11-55-12-14-57-16-18-59-20-22-61-24-26-63-28-30-65-32-34-67-36-38-69-40-42-71-44-46-73-48-50-75-52-54-9-5-2-6-10-54/h1-10H,11-52H2. The molecule has 0 aromatic heterocycles. The molecule has 2 aromatic rings. The first-order valence-corrected chi connectivity index (χ1v) is 26.7. The van der Waals surface area contributed by atoms with Gasteiger partial charge in [0.1, 0.15) is 0 Å². The fourth-order valence-corrected chi connectivity index (χ4v) is 5.82.